The largest absolute Gasteiger partial charge is 0.358 e. The van der Waals surface area contributed by atoms with Gasteiger partial charge in [-0.3, -0.25) is 9.59 Å². The average Bonchev–Trinajstić information content (AvgIpc) is 3.16. The third-order valence-corrected chi connectivity index (χ3v) is 5.36. The van der Waals surface area contributed by atoms with Crippen molar-refractivity contribution in [2.24, 2.45) is 0 Å². The fraction of sp³-hybridized carbons (Fsp3) is 0.227. The Labute approximate surface area is 167 Å². The lowest BCUT2D eigenvalue weighted by atomic mass is 10.0. The van der Waals surface area contributed by atoms with Gasteiger partial charge in [-0.05, 0) is 48.2 Å². The van der Waals surface area contributed by atoms with Gasteiger partial charge in [0, 0.05) is 37.3 Å². The lowest BCUT2D eigenvalue weighted by Crippen LogP contribution is -2.27. The Hall–Kier alpha value is -3.48. The van der Waals surface area contributed by atoms with Crippen LogP contribution in [-0.4, -0.2) is 33.7 Å². The van der Waals surface area contributed by atoms with Crippen LogP contribution in [0, 0.1) is 5.82 Å². The van der Waals surface area contributed by atoms with Gasteiger partial charge in [0.25, 0.3) is 0 Å². The van der Waals surface area contributed by atoms with Gasteiger partial charge in [-0.25, -0.2) is 9.37 Å². The van der Waals surface area contributed by atoms with E-state index in [9.17, 15) is 14.0 Å². The first-order valence-electron chi connectivity index (χ1n) is 9.43. The van der Waals surface area contributed by atoms with E-state index in [2.05, 4.69) is 15.3 Å². The number of pyridine rings is 1. The average molecular weight is 392 g/mol. The summed E-state index contributed by atoms with van der Waals surface area (Å²) in [7, 11) is 1.72. The minimum absolute atomic E-state index is 0.0313. The Kier molecular flexibility index (Phi) is 4.88. The Bertz CT molecular complexity index is 1140. The van der Waals surface area contributed by atoms with Gasteiger partial charge in [-0.15, -0.1) is 0 Å². The summed E-state index contributed by atoms with van der Waals surface area (Å²) >= 11 is 0. The van der Waals surface area contributed by atoms with Gasteiger partial charge in [0.1, 0.15) is 11.6 Å². The van der Waals surface area contributed by atoms with Gasteiger partial charge in [-0.2, -0.15) is 0 Å². The normalized spacial score (nSPS) is 14.7. The molecule has 3 heterocycles. The number of carbonyl (C=O) groups excluding carboxylic acids is 2. The molecule has 1 aliphatic rings. The summed E-state index contributed by atoms with van der Waals surface area (Å²) < 4.78 is 13.9. The van der Waals surface area contributed by atoms with Gasteiger partial charge in [0.05, 0.1) is 11.6 Å². The van der Waals surface area contributed by atoms with E-state index in [0.717, 1.165) is 22.1 Å². The molecule has 1 atom stereocenters. The molecule has 2 aromatic heterocycles. The number of benzene rings is 1. The predicted octanol–water partition coefficient (Wildman–Crippen LogP) is 3.82. The second kappa shape index (κ2) is 7.50. The van der Waals surface area contributed by atoms with Crippen LogP contribution >= 0.6 is 0 Å². The number of hydrogen-bond donors (Lipinski definition) is 2. The number of likely N-dealkylation sites (N-methyl/N-ethyl adjacent to an activating group) is 1. The third kappa shape index (κ3) is 3.63. The molecule has 1 aliphatic heterocycles. The van der Waals surface area contributed by atoms with Crippen LogP contribution in [0.5, 0.6) is 0 Å². The molecule has 7 heteroatoms. The van der Waals surface area contributed by atoms with Gasteiger partial charge in [0.15, 0.2) is 0 Å². The van der Waals surface area contributed by atoms with Gasteiger partial charge in [0.2, 0.25) is 11.8 Å². The summed E-state index contributed by atoms with van der Waals surface area (Å²) in [4.78, 5) is 32.9. The van der Waals surface area contributed by atoms with Crippen LogP contribution in [0.1, 0.15) is 36.1 Å². The minimum Gasteiger partial charge on any atom is -0.358 e. The number of para-hydroxylation sites is 1. The molecule has 6 nitrogen and oxygen atoms in total. The zero-order chi connectivity index (χ0) is 20.5. The molecule has 0 bridgehead atoms. The zero-order valence-electron chi connectivity index (χ0n) is 16.2. The number of anilines is 1. The van der Waals surface area contributed by atoms with Crippen molar-refractivity contribution < 1.29 is 14.0 Å². The summed E-state index contributed by atoms with van der Waals surface area (Å²) in [6.45, 7) is 1.91. The molecule has 3 aromatic rings. The van der Waals surface area contributed by atoms with E-state index in [-0.39, 0.29) is 23.7 Å². The van der Waals surface area contributed by atoms with E-state index in [1.165, 1.54) is 12.1 Å². The quantitative estimate of drug-likeness (QED) is 0.663. The number of halogens is 1. The van der Waals surface area contributed by atoms with E-state index in [1.807, 2.05) is 19.1 Å². The van der Waals surface area contributed by atoms with Crippen molar-refractivity contribution >= 4 is 34.6 Å². The number of H-pyrrole nitrogens is 1. The van der Waals surface area contributed by atoms with Gasteiger partial charge in [-0.1, -0.05) is 12.1 Å². The maximum atomic E-state index is 13.9. The number of nitrogens with zero attached hydrogens (tertiary/aromatic N) is 2. The smallest absolute Gasteiger partial charge is 0.246 e. The van der Waals surface area contributed by atoms with E-state index in [0.29, 0.717) is 24.2 Å². The van der Waals surface area contributed by atoms with Crippen LogP contribution in [0.4, 0.5) is 10.2 Å². The number of amides is 2. The molecule has 29 heavy (non-hydrogen) atoms. The van der Waals surface area contributed by atoms with Gasteiger partial charge >= 0.3 is 0 Å². The number of hydrogen-bond acceptors (Lipinski definition) is 3. The zero-order valence-corrected chi connectivity index (χ0v) is 16.2. The molecule has 0 spiro atoms. The van der Waals surface area contributed by atoms with E-state index in [4.69, 9.17) is 0 Å². The molecule has 0 saturated carbocycles. The van der Waals surface area contributed by atoms with E-state index in [1.54, 1.807) is 36.5 Å². The van der Waals surface area contributed by atoms with Crippen molar-refractivity contribution in [3.05, 3.63) is 65.2 Å². The van der Waals surface area contributed by atoms with E-state index < -0.39 is 0 Å². The van der Waals surface area contributed by atoms with Crippen LogP contribution in [-0.2, 0) is 16.0 Å². The molecule has 148 valence electrons. The minimum atomic E-state index is -0.314. The number of rotatable bonds is 4. The summed E-state index contributed by atoms with van der Waals surface area (Å²) in [5, 5.41) is 3.51. The molecule has 1 unspecified atom stereocenters. The maximum absolute atomic E-state index is 13.9. The molecule has 1 aromatic carbocycles. The SMILES string of the molecule is CC(c1c[nH]c2c(F)cccc12)N(C)C(=O)/C=C/c1cnc2c(c1)CCC(=O)N2. The number of nitrogens with one attached hydrogen (secondary N) is 2. The summed E-state index contributed by atoms with van der Waals surface area (Å²) in [5.41, 5.74) is 3.05. The Morgan fingerprint density at radius 3 is 3.00 bits per heavy atom. The standard InChI is InChI=1S/C22H21FN4O2/c1-13(17-12-24-21-16(17)4-3-5-18(21)23)27(2)20(29)9-6-14-10-15-7-8-19(28)26-22(15)25-11-14/h3-6,9-13,24H,7-8H2,1-2H3,(H,25,26,28)/b9-6+. The van der Waals surface area contributed by atoms with E-state index >= 15 is 0 Å². The van der Waals surface area contributed by atoms with Crippen LogP contribution in [0.2, 0.25) is 0 Å². The molecule has 4 rings (SSSR count). The van der Waals surface area contributed by atoms with Crippen molar-refractivity contribution in [1.82, 2.24) is 14.9 Å². The molecule has 0 fully saturated rings. The number of carbonyl (C=O) groups is 2. The van der Waals surface area contributed by atoms with Crippen LogP contribution in [0.25, 0.3) is 17.0 Å². The van der Waals surface area contributed by atoms with Crippen molar-refractivity contribution in [2.45, 2.75) is 25.8 Å². The molecule has 0 radical (unpaired) electrons. The first-order chi connectivity index (χ1) is 13.9. The highest BCUT2D eigenvalue weighted by Gasteiger charge is 2.20. The second-order valence-electron chi connectivity index (χ2n) is 7.19. The summed E-state index contributed by atoms with van der Waals surface area (Å²) in [6, 6.07) is 6.60. The van der Waals surface area contributed by atoms with Crippen LogP contribution in [0.15, 0.2) is 42.7 Å². The second-order valence-corrected chi connectivity index (χ2v) is 7.19. The Balaban J connectivity index is 1.50. The molecule has 2 amide bonds. The fourth-order valence-electron chi connectivity index (χ4n) is 3.54. The van der Waals surface area contributed by atoms with Crippen LogP contribution in [0.3, 0.4) is 0 Å². The highest BCUT2D eigenvalue weighted by molar-refractivity contribution is 5.94. The Morgan fingerprint density at radius 1 is 1.34 bits per heavy atom. The monoisotopic (exact) mass is 392 g/mol. The topological polar surface area (TPSA) is 78.1 Å². The Morgan fingerprint density at radius 2 is 2.17 bits per heavy atom. The highest BCUT2D eigenvalue weighted by atomic mass is 19.1. The molecule has 0 aliphatic carbocycles. The third-order valence-electron chi connectivity index (χ3n) is 5.36. The summed E-state index contributed by atoms with van der Waals surface area (Å²) in [6.07, 6.45) is 7.65. The highest BCUT2D eigenvalue weighted by Crippen LogP contribution is 2.29. The molecular formula is C22H21FN4O2. The lowest BCUT2D eigenvalue weighted by molar-refractivity contribution is -0.126. The first kappa shape index (κ1) is 18.9. The fourth-order valence-corrected chi connectivity index (χ4v) is 3.54. The molecular weight excluding hydrogens is 371 g/mol. The first-order valence-corrected chi connectivity index (χ1v) is 9.43. The maximum Gasteiger partial charge on any atom is 0.246 e. The summed E-state index contributed by atoms with van der Waals surface area (Å²) in [5.74, 6) is 0.0680. The van der Waals surface area contributed by atoms with Crippen molar-refractivity contribution in [3.63, 3.8) is 0 Å². The van der Waals surface area contributed by atoms with Crippen molar-refractivity contribution in [3.8, 4) is 0 Å². The van der Waals surface area contributed by atoms with Crippen molar-refractivity contribution in [2.75, 3.05) is 12.4 Å². The predicted molar refractivity (Wildman–Crippen MR) is 110 cm³/mol. The molecule has 2 N–H and O–H groups in total. The number of aryl methyl sites for hydroxylation is 1. The van der Waals surface area contributed by atoms with Gasteiger partial charge < -0.3 is 15.2 Å². The van der Waals surface area contributed by atoms with Crippen LogP contribution < -0.4 is 5.32 Å². The number of aromatic amines is 1. The molecule has 0 saturated heterocycles. The van der Waals surface area contributed by atoms with Crippen molar-refractivity contribution in [1.29, 1.82) is 0 Å². The lowest BCUT2D eigenvalue weighted by Gasteiger charge is -2.23. The number of fused-ring (bicyclic) bond motifs is 2. The number of aromatic nitrogens is 2.